The van der Waals surface area contributed by atoms with Crippen LogP contribution >= 0.6 is 11.6 Å². The standard InChI is InChI=1S/C8H5ClN2O.C3H6O2/c9-5-1-2-6-7(3-5)10-4-11-8(6)12;1-2-5-3-4/h1-4H,(H,10,11,12);3H,2H2,1H3. The molecule has 0 saturated heterocycles. The van der Waals surface area contributed by atoms with Crippen molar-refractivity contribution in [2.45, 2.75) is 6.92 Å². The van der Waals surface area contributed by atoms with E-state index >= 15 is 0 Å². The zero-order valence-corrected chi connectivity index (χ0v) is 9.89. The van der Waals surface area contributed by atoms with Crippen LogP contribution in [0, 0.1) is 0 Å². The number of nitrogens with zero attached hydrogens (tertiary/aromatic N) is 2. The molecule has 5 nitrogen and oxygen atoms in total. The van der Waals surface area contributed by atoms with Crippen molar-refractivity contribution in [3.8, 4) is 5.88 Å². The van der Waals surface area contributed by atoms with Crippen molar-refractivity contribution in [3.05, 3.63) is 29.5 Å². The van der Waals surface area contributed by atoms with Crippen molar-refractivity contribution in [2.75, 3.05) is 6.61 Å². The third-order valence-corrected chi connectivity index (χ3v) is 2.05. The quantitative estimate of drug-likeness (QED) is 0.832. The first kappa shape index (κ1) is 13.2. The van der Waals surface area contributed by atoms with Gasteiger partial charge in [-0.05, 0) is 25.1 Å². The molecule has 0 saturated carbocycles. The van der Waals surface area contributed by atoms with E-state index in [1.165, 1.54) is 6.33 Å². The molecule has 0 fully saturated rings. The van der Waals surface area contributed by atoms with E-state index in [4.69, 9.17) is 11.6 Å². The maximum atomic E-state index is 9.27. The number of aromatic hydroxyl groups is 1. The second-order valence-corrected chi connectivity index (χ2v) is 3.35. The van der Waals surface area contributed by atoms with Crippen molar-refractivity contribution in [2.24, 2.45) is 0 Å². The van der Waals surface area contributed by atoms with Gasteiger partial charge in [-0.3, -0.25) is 4.79 Å². The van der Waals surface area contributed by atoms with E-state index < -0.39 is 0 Å². The largest absolute Gasteiger partial charge is 0.493 e. The molecule has 2 aromatic rings. The van der Waals surface area contributed by atoms with Crippen LogP contribution in [0.1, 0.15) is 6.92 Å². The maximum Gasteiger partial charge on any atom is 0.293 e. The van der Waals surface area contributed by atoms with Gasteiger partial charge in [0.25, 0.3) is 6.47 Å². The Morgan fingerprint density at radius 1 is 1.47 bits per heavy atom. The van der Waals surface area contributed by atoms with E-state index in [9.17, 15) is 9.90 Å². The first-order valence-corrected chi connectivity index (χ1v) is 5.21. The van der Waals surface area contributed by atoms with E-state index in [0.717, 1.165) is 0 Å². The molecular formula is C11H11ClN2O3. The Hall–Kier alpha value is -1.88. The maximum absolute atomic E-state index is 9.27. The Balaban J connectivity index is 0.000000249. The Labute approximate surface area is 103 Å². The molecule has 0 aliphatic rings. The van der Waals surface area contributed by atoms with Crippen molar-refractivity contribution in [1.29, 1.82) is 0 Å². The molecule has 6 heteroatoms. The minimum absolute atomic E-state index is 0.0170. The Kier molecular flexibility index (Phi) is 5.16. The third-order valence-electron chi connectivity index (χ3n) is 1.81. The smallest absolute Gasteiger partial charge is 0.293 e. The summed E-state index contributed by atoms with van der Waals surface area (Å²) in [6.07, 6.45) is 1.30. The van der Waals surface area contributed by atoms with E-state index in [2.05, 4.69) is 14.7 Å². The molecular weight excluding hydrogens is 244 g/mol. The van der Waals surface area contributed by atoms with E-state index in [-0.39, 0.29) is 5.88 Å². The molecule has 2 rings (SSSR count). The van der Waals surface area contributed by atoms with Crippen molar-refractivity contribution >= 4 is 29.0 Å². The summed E-state index contributed by atoms with van der Waals surface area (Å²) < 4.78 is 4.15. The zero-order valence-electron chi connectivity index (χ0n) is 9.13. The number of carbonyl (C=O) groups is 1. The van der Waals surface area contributed by atoms with Crippen LogP contribution in [-0.2, 0) is 9.53 Å². The van der Waals surface area contributed by atoms with E-state index in [0.29, 0.717) is 29.0 Å². The van der Waals surface area contributed by atoms with Crippen LogP contribution in [0.5, 0.6) is 5.88 Å². The topological polar surface area (TPSA) is 72.3 Å². The van der Waals surface area contributed by atoms with E-state index in [1.54, 1.807) is 25.1 Å². The fraction of sp³-hybridized carbons (Fsp3) is 0.182. The van der Waals surface area contributed by atoms with Gasteiger partial charge in [0.05, 0.1) is 17.5 Å². The summed E-state index contributed by atoms with van der Waals surface area (Å²) in [5, 5.41) is 10.5. The lowest BCUT2D eigenvalue weighted by molar-refractivity contribution is -0.128. The number of fused-ring (bicyclic) bond motifs is 1. The summed E-state index contributed by atoms with van der Waals surface area (Å²) in [6, 6.07) is 5.05. The molecule has 0 radical (unpaired) electrons. The molecule has 1 aromatic carbocycles. The molecule has 90 valence electrons. The highest BCUT2D eigenvalue weighted by molar-refractivity contribution is 6.31. The average Bonchev–Trinajstić information content (AvgIpc) is 2.31. The molecule has 0 aliphatic heterocycles. The van der Waals surface area contributed by atoms with Gasteiger partial charge in [-0.25, -0.2) is 9.97 Å². The molecule has 0 spiro atoms. The number of hydrogen-bond acceptors (Lipinski definition) is 5. The summed E-state index contributed by atoms with van der Waals surface area (Å²) in [7, 11) is 0. The van der Waals surface area contributed by atoms with Crippen LogP contribution in [0.4, 0.5) is 0 Å². The SMILES string of the molecule is CCOC=O.Oc1ncnc2cc(Cl)ccc12. The van der Waals surface area contributed by atoms with Crippen molar-refractivity contribution in [3.63, 3.8) is 0 Å². The minimum atomic E-state index is -0.0170. The van der Waals surface area contributed by atoms with Gasteiger partial charge in [0.1, 0.15) is 6.33 Å². The second-order valence-electron chi connectivity index (χ2n) is 2.91. The fourth-order valence-electron chi connectivity index (χ4n) is 1.08. The van der Waals surface area contributed by atoms with E-state index in [1.807, 2.05) is 0 Å². The molecule has 0 atom stereocenters. The van der Waals surface area contributed by atoms with Gasteiger partial charge < -0.3 is 9.84 Å². The highest BCUT2D eigenvalue weighted by atomic mass is 35.5. The Morgan fingerprint density at radius 3 is 2.82 bits per heavy atom. The number of hydrogen-bond donors (Lipinski definition) is 1. The van der Waals surface area contributed by atoms with Gasteiger partial charge in [0.2, 0.25) is 5.88 Å². The van der Waals surface area contributed by atoms with Gasteiger partial charge >= 0.3 is 0 Å². The van der Waals surface area contributed by atoms with Gasteiger partial charge in [0.15, 0.2) is 0 Å². The number of rotatable bonds is 2. The molecule has 1 N–H and O–H groups in total. The summed E-state index contributed by atoms with van der Waals surface area (Å²) in [6.45, 7) is 2.66. The Morgan fingerprint density at radius 2 is 2.24 bits per heavy atom. The number of benzene rings is 1. The highest BCUT2D eigenvalue weighted by Crippen LogP contribution is 2.22. The minimum Gasteiger partial charge on any atom is -0.493 e. The van der Waals surface area contributed by atoms with Gasteiger partial charge in [-0.2, -0.15) is 0 Å². The molecule has 17 heavy (non-hydrogen) atoms. The van der Waals surface area contributed by atoms with Gasteiger partial charge in [0, 0.05) is 5.02 Å². The zero-order chi connectivity index (χ0) is 12.7. The van der Waals surface area contributed by atoms with Crippen LogP contribution in [0.2, 0.25) is 5.02 Å². The summed E-state index contributed by atoms with van der Waals surface area (Å²) in [5.41, 5.74) is 0.648. The Bertz CT molecular complexity index is 505. The third kappa shape index (κ3) is 3.88. The van der Waals surface area contributed by atoms with Gasteiger partial charge in [-0.1, -0.05) is 11.6 Å². The van der Waals surface area contributed by atoms with Crippen molar-refractivity contribution in [1.82, 2.24) is 9.97 Å². The van der Waals surface area contributed by atoms with Crippen molar-refractivity contribution < 1.29 is 14.6 Å². The number of halogens is 1. The molecule has 0 amide bonds. The van der Waals surface area contributed by atoms with Crippen LogP contribution in [0.25, 0.3) is 10.9 Å². The van der Waals surface area contributed by atoms with Crippen LogP contribution in [-0.4, -0.2) is 28.2 Å². The highest BCUT2D eigenvalue weighted by Gasteiger charge is 2.00. The molecule has 0 unspecified atom stereocenters. The summed E-state index contributed by atoms with van der Waals surface area (Å²) >= 11 is 5.73. The molecule has 1 aromatic heterocycles. The predicted octanol–water partition coefficient (Wildman–Crippen LogP) is 2.17. The number of carbonyl (C=O) groups excluding carboxylic acids is 1. The van der Waals surface area contributed by atoms with Crippen LogP contribution in [0.3, 0.4) is 0 Å². The number of aromatic nitrogens is 2. The van der Waals surface area contributed by atoms with Crippen LogP contribution in [0.15, 0.2) is 24.5 Å². The summed E-state index contributed by atoms with van der Waals surface area (Å²) in [4.78, 5) is 16.8. The van der Waals surface area contributed by atoms with Gasteiger partial charge in [-0.15, -0.1) is 0 Å². The first-order chi connectivity index (χ1) is 8.19. The van der Waals surface area contributed by atoms with Crippen LogP contribution < -0.4 is 0 Å². The lowest BCUT2D eigenvalue weighted by Crippen LogP contribution is -1.81. The predicted molar refractivity (Wildman–Crippen MR) is 63.9 cm³/mol. The lowest BCUT2D eigenvalue weighted by atomic mass is 10.2. The molecule has 1 heterocycles. The second kappa shape index (κ2) is 6.65. The monoisotopic (exact) mass is 254 g/mol. The molecule has 0 bridgehead atoms. The fourth-order valence-corrected chi connectivity index (χ4v) is 1.25. The lowest BCUT2D eigenvalue weighted by Gasteiger charge is -1.97. The average molecular weight is 255 g/mol. The normalized spacial score (nSPS) is 9.29. The summed E-state index contributed by atoms with van der Waals surface area (Å²) in [5.74, 6) is -0.0170. The first-order valence-electron chi connectivity index (χ1n) is 4.83. The number of ether oxygens (including phenoxy) is 1. The molecule has 0 aliphatic carbocycles.